The molecule has 0 radical (unpaired) electrons. The number of hydrogen-bond donors (Lipinski definition) is 1. The van der Waals surface area contributed by atoms with E-state index in [1.807, 2.05) is 6.07 Å². The summed E-state index contributed by atoms with van der Waals surface area (Å²) in [5.74, 6) is 1.11. The minimum Gasteiger partial charge on any atom is -0.352 e. The zero-order chi connectivity index (χ0) is 19.5. The van der Waals surface area contributed by atoms with Gasteiger partial charge in [0.1, 0.15) is 0 Å². The maximum Gasteiger partial charge on any atom is 0.234 e. The summed E-state index contributed by atoms with van der Waals surface area (Å²) >= 11 is 0. The van der Waals surface area contributed by atoms with Gasteiger partial charge >= 0.3 is 0 Å². The summed E-state index contributed by atoms with van der Waals surface area (Å²) in [5.41, 5.74) is 1.31. The van der Waals surface area contributed by atoms with Crippen molar-refractivity contribution in [1.29, 1.82) is 0 Å². The number of amides is 2. The number of carbonyl (C=O) groups excluding carboxylic acids is 2. The number of hydrogen-bond acceptors (Lipinski definition) is 3. The van der Waals surface area contributed by atoms with Crippen molar-refractivity contribution in [3.8, 4) is 0 Å². The highest BCUT2D eigenvalue weighted by Crippen LogP contribution is 2.41. The molecule has 28 heavy (non-hydrogen) atoms. The summed E-state index contributed by atoms with van der Waals surface area (Å²) in [6.07, 6.45) is 6.98. The van der Waals surface area contributed by atoms with E-state index in [-0.39, 0.29) is 11.8 Å². The van der Waals surface area contributed by atoms with Crippen molar-refractivity contribution in [3.05, 3.63) is 35.9 Å². The Hall–Kier alpha value is -1.88. The maximum atomic E-state index is 12.6. The second-order valence-corrected chi connectivity index (χ2v) is 8.85. The average molecular weight is 384 g/mol. The molecule has 2 amide bonds. The number of piperidine rings is 1. The minimum atomic E-state index is 0.169. The Labute approximate surface area is 168 Å². The van der Waals surface area contributed by atoms with Gasteiger partial charge in [0.25, 0.3) is 0 Å². The third-order valence-electron chi connectivity index (χ3n) is 6.98. The summed E-state index contributed by atoms with van der Waals surface area (Å²) in [6.45, 7) is 4.77. The molecule has 1 aliphatic carbocycles. The number of nitrogens with one attached hydrogen (secondary N) is 1. The lowest BCUT2D eigenvalue weighted by molar-refractivity contribution is -0.131. The fraction of sp³-hybridized carbons (Fsp3) is 0.652. The van der Waals surface area contributed by atoms with Crippen molar-refractivity contribution < 1.29 is 9.59 Å². The van der Waals surface area contributed by atoms with Gasteiger partial charge in [-0.25, -0.2) is 0 Å². The Morgan fingerprint density at radius 3 is 2.50 bits per heavy atom. The van der Waals surface area contributed by atoms with Crippen LogP contribution < -0.4 is 5.32 Å². The first-order chi connectivity index (χ1) is 13.6. The van der Waals surface area contributed by atoms with Crippen molar-refractivity contribution in [2.75, 3.05) is 26.2 Å². The fourth-order valence-corrected chi connectivity index (χ4v) is 5.59. The number of fused-ring (bicyclic) bond motifs is 1. The average Bonchev–Trinajstić information content (AvgIpc) is 3.08. The van der Waals surface area contributed by atoms with Crippen molar-refractivity contribution in [2.45, 2.75) is 63.5 Å². The molecular weight excluding hydrogens is 350 g/mol. The fourth-order valence-electron chi connectivity index (χ4n) is 5.59. The number of rotatable bonds is 4. The molecule has 5 heteroatoms. The Kier molecular flexibility index (Phi) is 6.00. The standard InChI is InChI=1S/C23H33N3O2/c1-17(27)26-15-20(18-8-4-2-5-9-18)21-14-25(13-12-22(21)26)16-23(28)24-19-10-6-3-7-11-19/h2,4-5,8-9,19-22H,3,6-7,10-16H2,1H3,(H,24,28)/t20-,21-,22-/m1/s1. The highest BCUT2D eigenvalue weighted by molar-refractivity contribution is 5.78. The van der Waals surface area contributed by atoms with Gasteiger partial charge in [0.05, 0.1) is 6.54 Å². The van der Waals surface area contributed by atoms with E-state index in [9.17, 15) is 9.59 Å². The number of benzene rings is 1. The van der Waals surface area contributed by atoms with Crippen LogP contribution in [0.15, 0.2) is 30.3 Å². The highest BCUT2D eigenvalue weighted by Gasteiger charge is 2.46. The lowest BCUT2D eigenvalue weighted by Gasteiger charge is -2.38. The molecule has 5 nitrogen and oxygen atoms in total. The van der Waals surface area contributed by atoms with Crippen LogP contribution in [0.4, 0.5) is 0 Å². The molecule has 1 aromatic rings. The lowest BCUT2D eigenvalue weighted by atomic mass is 9.82. The molecule has 2 saturated heterocycles. The maximum absolute atomic E-state index is 12.6. The van der Waals surface area contributed by atoms with Gasteiger partial charge in [0.15, 0.2) is 0 Å². The minimum absolute atomic E-state index is 0.169. The smallest absolute Gasteiger partial charge is 0.234 e. The Morgan fingerprint density at radius 2 is 1.79 bits per heavy atom. The van der Waals surface area contributed by atoms with Crippen LogP contribution in [-0.4, -0.2) is 59.9 Å². The third kappa shape index (κ3) is 4.24. The molecule has 2 heterocycles. The van der Waals surface area contributed by atoms with Crippen LogP contribution in [0.3, 0.4) is 0 Å². The Morgan fingerprint density at radius 1 is 1.04 bits per heavy atom. The van der Waals surface area contributed by atoms with Gasteiger partial charge in [-0.15, -0.1) is 0 Å². The van der Waals surface area contributed by atoms with E-state index < -0.39 is 0 Å². The monoisotopic (exact) mass is 383 g/mol. The zero-order valence-electron chi connectivity index (χ0n) is 17.0. The summed E-state index contributed by atoms with van der Waals surface area (Å²) in [5, 5.41) is 3.25. The van der Waals surface area contributed by atoms with Crippen LogP contribution in [-0.2, 0) is 9.59 Å². The van der Waals surface area contributed by atoms with Gasteiger partial charge in [0.2, 0.25) is 11.8 Å². The van der Waals surface area contributed by atoms with Crippen LogP contribution in [0.5, 0.6) is 0 Å². The molecule has 152 valence electrons. The number of carbonyl (C=O) groups is 2. The zero-order valence-corrected chi connectivity index (χ0v) is 17.0. The van der Waals surface area contributed by atoms with E-state index in [4.69, 9.17) is 0 Å². The molecule has 0 bridgehead atoms. The van der Waals surface area contributed by atoms with Crippen molar-refractivity contribution in [2.24, 2.45) is 5.92 Å². The Bertz CT molecular complexity index is 686. The molecule has 0 spiro atoms. The molecule has 3 aliphatic rings. The second-order valence-electron chi connectivity index (χ2n) is 8.85. The van der Waals surface area contributed by atoms with Crippen LogP contribution in [0.1, 0.15) is 56.9 Å². The van der Waals surface area contributed by atoms with E-state index in [2.05, 4.69) is 39.4 Å². The van der Waals surface area contributed by atoms with Crippen molar-refractivity contribution >= 4 is 11.8 Å². The van der Waals surface area contributed by atoms with Crippen LogP contribution in [0, 0.1) is 5.92 Å². The summed E-state index contributed by atoms with van der Waals surface area (Å²) in [6, 6.07) is 11.2. The lowest BCUT2D eigenvalue weighted by Crippen LogP contribution is -2.51. The number of nitrogens with zero attached hydrogens (tertiary/aromatic N) is 2. The molecule has 1 aromatic carbocycles. The molecular formula is C23H33N3O2. The van der Waals surface area contributed by atoms with E-state index in [1.165, 1.54) is 24.8 Å². The predicted molar refractivity (Wildman–Crippen MR) is 110 cm³/mol. The number of likely N-dealkylation sites (tertiary alicyclic amines) is 2. The molecule has 1 N–H and O–H groups in total. The second kappa shape index (κ2) is 8.64. The van der Waals surface area contributed by atoms with Crippen LogP contribution >= 0.6 is 0 Å². The molecule has 3 atom stereocenters. The van der Waals surface area contributed by atoms with Gasteiger partial charge in [-0.2, -0.15) is 0 Å². The first-order valence-electron chi connectivity index (χ1n) is 11.0. The van der Waals surface area contributed by atoms with E-state index in [0.29, 0.717) is 30.5 Å². The molecule has 0 aromatic heterocycles. The highest BCUT2D eigenvalue weighted by atomic mass is 16.2. The first kappa shape index (κ1) is 19.4. The van der Waals surface area contributed by atoms with Gasteiger partial charge in [-0.1, -0.05) is 49.6 Å². The molecule has 1 saturated carbocycles. The van der Waals surface area contributed by atoms with E-state index in [0.717, 1.165) is 38.9 Å². The largest absolute Gasteiger partial charge is 0.352 e. The van der Waals surface area contributed by atoms with Crippen molar-refractivity contribution in [3.63, 3.8) is 0 Å². The molecule has 4 rings (SSSR count). The topological polar surface area (TPSA) is 52.7 Å². The Balaban J connectivity index is 1.41. The van der Waals surface area contributed by atoms with Gasteiger partial charge in [0, 0.05) is 50.5 Å². The molecule has 0 unspecified atom stereocenters. The van der Waals surface area contributed by atoms with Gasteiger partial charge < -0.3 is 10.2 Å². The summed E-state index contributed by atoms with van der Waals surface area (Å²) in [4.78, 5) is 29.2. The first-order valence-corrected chi connectivity index (χ1v) is 11.0. The van der Waals surface area contributed by atoms with E-state index in [1.54, 1.807) is 6.92 Å². The van der Waals surface area contributed by atoms with Crippen LogP contribution in [0.2, 0.25) is 0 Å². The quantitative estimate of drug-likeness (QED) is 0.870. The summed E-state index contributed by atoms with van der Waals surface area (Å²) < 4.78 is 0. The third-order valence-corrected chi connectivity index (χ3v) is 6.98. The summed E-state index contributed by atoms with van der Waals surface area (Å²) in [7, 11) is 0. The molecule has 2 aliphatic heterocycles. The van der Waals surface area contributed by atoms with Crippen LogP contribution in [0.25, 0.3) is 0 Å². The normalized spacial score (nSPS) is 28.8. The van der Waals surface area contributed by atoms with Crippen molar-refractivity contribution in [1.82, 2.24) is 15.1 Å². The predicted octanol–water partition coefficient (Wildman–Crippen LogP) is 2.77. The van der Waals surface area contributed by atoms with E-state index >= 15 is 0 Å². The SMILES string of the molecule is CC(=O)N1C[C@H](c2ccccc2)[C@H]2CN(CC(=O)NC3CCCCC3)CC[C@H]21. The molecule has 3 fully saturated rings. The van der Waals surface area contributed by atoms with Gasteiger partial charge in [-0.05, 0) is 24.8 Å². The van der Waals surface area contributed by atoms with Gasteiger partial charge in [-0.3, -0.25) is 14.5 Å².